The Balaban J connectivity index is 1.08. The summed E-state index contributed by atoms with van der Waals surface area (Å²) in [4.78, 5) is 38.0. The van der Waals surface area contributed by atoms with Gasteiger partial charge in [-0.2, -0.15) is 0 Å². The number of aromatic nitrogens is 9. The van der Waals surface area contributed by atoms with Gasteiger partial charge >= 0.3 is 0 Å². The molecule has 9 heteroatoms. The van der Waals surface area contributed by atoms with Crippen LogP contribution in [0.25, 0.3) is 95.5 Å². The molecule has 0 saturated heterocycles. The quantitative estimate of drug-likeness (QED) is 0.171. The number of fused-ring (bicyclic) bond motifs is 5. The van der Waals surface area contributed by atoms with Gasteiger partial charge in [0.1, 0.15) is 11.4 Å². The van der Waals surface area contributed by atoms with E-state index in [2.05, 4.69) is 75.0 Å². The van der Waals surface area contributed by atoms with Gasteiger partial charge in [-0.15, -0.1) is 0 Å². The largest absolute Gasteiger partial charge is 0.306 e. The van der Waals surface area contributed by atoms with E-state index in [1.54, 1.807) is 24.8 Å². The maximum absolute atomic E-state index is 4.94. The molecule has 0 aliphatic carbocycles. The molecule has 0 unspecified atom stereocenters. The van der Waals surface area contributed by atoms with Gasteiger partial charge in [-0.25, -0.2) is 15.0 Å². The van der Waals surface area contributed by atoms with Crippen LogP contribution in [0.2, 0.25) is 0 Å². The number of nitrogens with zero attached hydrogens (tertiary/aromatic N) is 9. The Morgan fingerprint density at radius 2 is 0.887 bits per heavy atom. The first kappa shape index (κ1) is 30.3. The van der Waals surface area contributed by atoms with Crippen molar-refractivity contribution < 1.29 is 0 Å². The third kappa shape index (κ3) is 5.44. The third-order valence-corrected chi connectivity index (χ3v) is 9.33. The first-order valence-corrected chi connectivity index (χ1v) is 17.2. The zero-order valence-corrected chi connectivity index (χ0v) is 28.1. The fourth-order valence-electron chi connectivity index (χ4n) is 6.78. The summed E-state index contributed by atoms with van der Waals surface area (Å²) in [6.07, 6.45) is 9.09. The van der Waals surface area contributed by atoms with Gasteiger partial charge in [-0.1, -0.05) is 66.7 Å². The highest BCUT2D eigenvalue weighted by atomic mass is 15.1. The second kappa shape index (κ2) is 12.7. The highest BCUT2D eigenvalue weighted by molar-refractivity contribution is 6.07. The van der Waals surface area contributed by atoms with E-state index < -0.39 is 0 Å². The number of pyridine rings is 4. The second-order valence-electron chi connectivity index (χ2n) is 12.5. The van der Waals surface area contributed by atoms with Crippen LogP contribution in [-0.4, -0.2) is 44.3 Å². The zero-order chi connectivity index (χ0) is 35.1. The highest BCUT2D eigenvalue weighted by Crippen LogP contribution is 2.38. The van der Waals surface area contributed by atoms with Crippen molar-refractivity contribution in [3.63, 3.8) is 0 Å². The van der Waals surface area contributed by atoms with Crippen LogP contribution in [-0.2, 0) is 0 Å². The van der Waals surface area contributed by atoms with E-state index in [1.165, 1.54) is 0 Å². The number of rotatable bonds is 6. The summed E-state index contributed by atoms with van der Waals surface area (Å²) in [6.45, 7) is 0. The number of hydrogen-bond donors (Lipinski definition) is 0. The summed E-state index contributed by atoms with van der Waals surface area (Å²) in [7, 11) is 0. The molecule has 53 heavy (non-hydrogen) atoms. The van der Waals surface area contributed by atoms with Gasteiger partial charge in [-0.3, -0.25) is 24.9 Å². The molecule has 248 valence electrons. The lowest BCUT2D eigenvalue weighted by molar-refractivity contribution is 1.05. The smallest absolute Gasteiger partial charge is 0.182 e. The molecule has 0 atom stereocenters. The molecule has 9 nitrogen and oxygen atoms in total. The summed E-state index contributed by atoms with van der Waals surface area (Å²) < 4.78 is 2.30. The molecule has 0 aliphatic heterocycles. The van der Waals surface area contributed by atoms with Crippen LogP contribution in [0.1, 0.15) is 0 Å². The molecule has 0 radical (unpaired) electrons. The van der Waals surface area contributed by atoms with Crippen molar-refractivity contribution in [2.45, 2.75) is 0 Å². The minimum absolute atomic E-state index is 0.444. The molecular weight excluding hydrogens is 655 g/mol. The van der Waals surface area contributed by atoms with E-state index in [9.17, 15) is 0 Å². The van der Waals surface area contributed by atoms with E-state index in [0.717, 1.165) is 66.7 Å². The van der Waals surface area contributed by atoms with Crippen LogP contribution in [0.5, 0.6) is 0 Å². The lowest BCUT2D eigenvalue weighted by atomic mass is 10.0. The summed E-state index contributed by atoms with van der Waals surface area (Å²) >= 11 is 0. The van der Waals surface area contributed by atoms with Crippen LogP contribution in [0.4, 0.5) is 0 Å². The van der Waals surface area contributed by atoms with Crippen molar-refractivity contribution in [2.75, 3.05) is 0 Å². The standard InChI is InChI=1S/C44H27N9/c1-3-13-38-32(9-1)41(40-27-49-35-12-2-4-14-39(35)53(38)40)28-15-17-29(18-16-28)42-50-43(36-21-19-30(25-47-36)33-10-5-7-23-45-33)52-44(51-42)37-22-20-31(26-48-37)34-11-6-8-24-46-34/h1-27H. The molecule has 3 aromatic carbocycles. The molecule has 0 saturated carbocycles. The monoisotopic (exact) mass is 681 g/mol. The maximum atomic E-state index is 4.94. The molecule has 7 aromatic heterocycles. The summed E-state index contributed by atoms with van der Waals surface area (Å²) in [5.41, 5.74) is 11.9. The van der Waals surface area contributed by atoms with Crippen molar-refractivity contribution in [2.24, 2.45) is 0 Å². The van der Waals surface area contributed by atoms with E-state index in [1.807, 2.05) is 79.0 Å². The van der Waals surface area contributed by atoms with Gasteiger partial charge < -0.3 is 4.40 Å². The Hall–Kier alpha value is -7.52. The second-order valence-corrected chi connectivity index (χ2v) is 12.5. The first-order chi connectivity index (χ1) is 26.3. The van der Waals surface area contributed by atoms with E-state index >= 15 is 0 Å². The Morgan fingerprint density at radius 1 is 0.340 bits per heavy atom. The van der Waals surface area contributed by atoms with Crippen molar-refractivity contribution in [1.29, 1.82) is 0 Å². The average Bonchev–Trinajstić information content (AvgIpc) is 3.59. The van der Waals surface area contributed by atoms with Crippen molar-refractivity contribution >= 4 is 27.5 Å². The predicted octanol–water partition coefficient (Wildman–Crippen LogP) is 9.41. The molecule has 7 heterocycles. The highest BCUT2D eigenvalue weighted by Gasteiger charge is 2.18. The minimum atomic E-state index is 0.444. The van der Waals surface area contributed by atoms with Crippen LogP contribution in [0.15, 0.2) is 164 Å². The van der Waals surface area contributed by atoms with Crippen molar-refractivity contribution in [3.8, 4) is 68.1 Å². The topological polar surface area (TPSA) is 108 Å². The SMILES string of the molecule is c1ccc(-c2ccc(-c3nc(-c4ccc(-c5c6ccccc6n6c5cnc5ccccc56)cc4)nc(-c4ccc(-c5ccccn5)cn4)n3)nc2)nc1. The minimum Gasteiger partial charge on any atom is -0.306 e. The molecule has 0 spiro atoms. The maximum Gasteiger partial charge on any atom is 0.182 e. The molecule has 10 aromatic rings. The summed E-state index contributed by atoms with van der Waals surface area (Å²) in [6, 6.07) is 44.5. The molecule has 0 N–H and O–H groups in total. The Kier molecular flexibility index (Phi) is 7.25. The van der Waals surface area contributed by atoms with E-state index in [0.29, 0.717) is 28.9 Å². The van der Waals surface area contributed by atoms with Crippen LogP contribution in [0.3, 0.4) is 0 Å². The molecular formula is C44H27N9. The van der Waals surface area contributed by atoms with Gasteiger partial charge in [-0.05, 0) is 72.3 Å². The van der Waals surface area contributed by atoms with E-state index in [4.69, 9.17) is 29.9 Å². The van der Waals surface area contributed by atoms with Gasteiger partial charge in [0.05, 0.1) is 39.7 Å². The lowest BCUT2D eigenvalue weighted by Crippen LogP contribution is -2.02. The fraction of sp³-hybridized carbons (Fsp3) is 0. The van der Waals surface area contributed by atoms with Gasteiger partial charge in [0.2, 0.25) is 0 Å². The van der Waals surface area contributed by atoms with Crippen molar-refractivity contribution in [1.82, 2.24) is 44.3 Å². The van der Waals surface area contributed by atoms with Gasteiger partial charge in [0.25, 0.3) is 0 Å². The number of benzene rings is 3. The Morgan fingerprint density at radius 3 is 1.49 bits per heavy atom. The fourth-order valence-corrected chi connectivity index (χ4v) is 6.78. The van der Waals surface area contributed by atoms with Crippen molar-refractivity contribution in [3.05, 3.63) is 164 Å². The molecule has 0 amide bonds. The Labute approximate surface area is 303 Å². The number of hydrogen-bond acceptors (Lipinski definition) is 8. The lowest BCUT2D eigenvalue weighted by Gasteiger charge is -2.09. The van der Waals surface area contributed by atoms with E-state index in [-0.39, 0.29) is 0 Å². The van der Waals surface area contributed by atoms with Crippen LogP contribution < -0.4 is 0 Å². The predicted molar refractivity (Wildman–Crippen MR) is 207 cm³/mol. The van der Waals surface area contributed by atoms with Gasteiger partial charge in [0, 0.05) is 52.4 Å². The zero-order valence-electron chi connectivity index (χ0n) is 28.1. The average molecular weight is 682 g/mol. The Bertz CT molecular complexity index is 2810. The molecule has 0 bridgehead atoms. The third-order valence-electron chi connectivity index (χ3n) is 9.33. The summed E-state index contributed by atoms with van der Waals surface area (Å²) in [5.74, 6) is 1.40. The molecule has 0 aliphatic rings. The first-order valence-electron chi connectivity index (χ1n) is 17.2. The van der Waals surface area contributed by atoms with Gasteiger partial charge in [0.15, 0.2) is 17.5 Å². The summed E-state index contributed by atoms with van der Waals surface area (Å²) in [5, 5.41) is 1.16. The van der Waals surface area contributed by atoms with Crippen LogP contribution in [0, 0.1) is 0 Å². The number of para-hydroxylation sites is 3. The van der Waals surface area contributed by atoms with Crippen LogP contribution >= 0.6 is 0 Å². The molecule has 10 rings (SSSR count). The molecule has 0 fully saturated rings. The normalized spacial score (nSPS) is 11.4.